The highest BCUT2D eigenvalue weighted by Crippen LogP contribution is 2.29. The first-order valence-electron chi connectivity index (χ1n) is 8.25. The Morgan fingerprint density at radius 3 is 2.64 bits per heavy atom. The minimum absolute atomic E-state index is 0.0296. The van der Waals surface area contributed by atoms with Crippen molar-refractivity contribution in [1.29, 1.82) is 0 Å². The molecule has 0 aliphatic carbocycles. The van der Waals surface area contributed by atoms with Crippen molar-refractivity contribution >= 4 is 22.7 Å². The molecule has 0 aliphatic rings. The fourth-order valence-corrected chi connectivity index (χ4v) is 2.70. The molecule has 2 aromatic carbocycles. The van der Waals surface area contributed by atoms with Gasteiger partial charge in [-0.3, -0.25) is 20.4 Å². The van der Waals surface area contributed by atoms with E-state index >= 15 is 0 Å². The van der Waals surface area contributed by atoms with Gasteiger partial charge < -0.3 is 14.5 Å². The van der Waals surface area contributed by atoms with Gasteiger partial charge in [-0.25, -0.2) is 0 Å². The van der Waals surface area contributed by atoms with E-state index in [2.05, 4.69) is 20.6 Å². The highest BCUT2D eigenvalue weighted by atomic mass is 19.3. The fourth-order valence-electron chi connectivity index (χ4n) is 2.70. The van der Waals surface area contributed by atoms with Gasteiger partial charge in [0, 0.05) is 22.7 Å². The van der Waals surface area contributed by atoms with Crippen LogP contribution in [0.4, 0.5) is 8.78 Å². The average Bonchev–Trinajstić information content (AvgIpc) is 3.09. The lowest BCUT2D eigenvalue weighted by molar-refractivity contribution is -0.121. The molecule has 0 saturated carbocycles. The summed E-state index contributed by atoms with van der Waals surface area (Å²) >= 11 is 0. The smallest absolute Gasteiger partial charge is 0.387 e. The summed E-state index contributed by atoms with van der Waals surface area (Å²) in [6.07, 6.45) is 1.80. The van der Waals surface area contributed by atoms with Crippen LogP contribution in [-0.4, -0.2) is 30.5 Å². The molecule has 0 bridgehead atoms. The van der Waals surface area contributed by atoms with Crippen LogP contribution in [0, 0.1) is 0 Å². The number of carbonyl (C=O) groups is 2. The van der Waals surface area contributed by atoms with Gasteiger partial charge >= 0.3 is 6.61 Å². The monoisotopic (exact) mass is 389 g/mol. The predicted octanol–water partition coefficient (Wildman–Crippen LogP) is 2.78. The lowest BCUT2D eigenvalue weighted by Gasteiger charge is -2.12. The Hall–Kier alpha value is -3.62. The van der Waals surface area contributed by atoms with Crippen molar-refractivity contribution in [2.45, 2.75) is 13.0 Å². The third kappa shape index (κ3) is 4.37. The Morgan fingerprint density at radius 2 is 1.89 bits per heavy atom. The van der Waals surface area contributed by atoms with E-state index in [1.807, 2.05) is 24.3 Å². The van der Waals surface area contributed by atoms with Crippen molar-refractivity contribution in [3.63, 3.8) is 0 Å². The largest absolute Gasteiger partial charge is 0.493 e. The Labute approximate surface area is 158 Å². The first kappa shape index (κ1) is 19.2. The first-order valence-corrected chi connectivity index (χ1v) is 8.25. The summed E-state index contributed by atoms with van der Waals surface area (Å²) in [4.78, 5) is 27.4. The summed E-state index contributed by atoms with van der Waals surface area (Å²) in [5, 5.41) is 0.920. The number of rotatable bonds is 6. The van der Waals surface area contributed by atoms with E-state index in [1.54, 1.807) is 6.20 Å². The van der Waals surface area contributed by atoms with Gasteiger partial charge in [-0.2, -0.15) is 8.78 Å². The zero-order valence-electron chi connectivity index (χ0n) is 14.8. The van der Waals surface area contributed by atoms with Crippen LogP contribution in [0.2, 0.25) is 0 Å². The van der Waals surface area contributed by atoms with Crippen molar-refractivity contribution in [2.24, 2.45) is 0 Å². The number of aromatic nitrogens is 1. The van der Waals surface area contributed by atoms with Gasteiger partial charge in [-0.05, 0) is 29.8 Å². The molecule has 28 heavy (non-hydrogen) atoms. The average molecular weight is 389 g/mol. The van der Waals surface area contributed by atoms with Crippen molar-refractivity contribution < 1.29 is 27.8 Å². The molecule has 0 atom stereocenters. The Bertz CT molecular complexity index is 1000. The highest BCUT2D eigenvalue weighted by Gasteiger charge is 2.15. The number of alkyl halides is 2. The van der Waals surface area contributed by atoms with E-state index in [-0.39, 0.29) is 23.5 Å². The molecule has 0 radical (unpaired) electrons. The number of methoxy groups -OCH3 is 1. The van der Waals surface area contributed by atoms with E-state index in [0.29, 0.717) is 0 Å². The van der Waals surface area contributed by atoms with E-state index in [1.165, 1.54) is 25.3 Å². The topological polar surface area (TPSA) is 92.5 Å². The molecule has 3 aromatic rings. The number of halogens is 2. The van der Waals surface area contributed by atoms with Crippen LogP contribution in [0.1, 0.15) is 15.9 Å². The summed E-state index contributed by atoms with van der Waals surface area (Å²) < 4.78 is 33.9. The molecule has 1 heterocycles. The molecule has 7 nitrogen and oxygen atoms in total. The number of carbonyl (C=O) groups excluding carboxylic acids is 2. The zero-order chi connectivity index (χ0) is 20.1. The minimum atomic E-state index is -3.02. The molecule has 2 amide bonds. The second kappa shape index (κ2) is 8.38. The van der Waals surface area contributed by atoms with Crippen molar-refractivity contribution in [3.05, 3.63) is 59.8 Å². The SMILES string of the molecule is COc1cc(C(=O)NNC(=O)Cc2c[nH]c3ccccc23)ccc1OC(F)F. The molecule has 0 fully saturated rings. The predicted molar refractivity (Wildman–Crippen MR) is 97.2 cm³/mol. The van der Waals surface area contributed by atoms with Gasteiger partial charge in [-0.15, -0.1) is 0 Å². The highest BCUT2D eigenvalue weighted by molar-refractivity contribution is 5.96. The summed E-state index contributed by atoms with van der Waals surface area (Å²) in [5.41, 5.74) is 6.40. The number of aromatic amines is 1. The second-order valence-corrected chi connectivity index (χ2v) is 5.78. The van der Waals surface area contributed by atoms with Crippen LogP contribution in [-0.2, 0) is 11.2 Å². The van der Waals surface area contributed by atoms with Gasteiger partial charge in [-0.1, -0.05) is 18.2 Å². The lowest BCUT2D eigenvalue weighted by atomic mass is 10.1. The van der Waals surface area contributed by atoms with Gasteiger partial charge in [0.1, 0.15) is 0 Å². The number of H-pyrrole nitrogens is 1. The molecule has 0 unspecified atom stereocenters. The molecular formula is C19H17F2N3O4. The molecule has 3 N–H and O–H groups in total. The molecule has 0 aliphatic heterocycles. The number of nitrogens with one attached hydrogen (secondary N) is 3. The van der Waals surface area contributed by atoms with Crippen molar-refractivity contribution in [2.75, 3.05) is 7.11 Å². The maximum atomic E-state index is 12.4. The number of benzene rings is 2. The van der Waals surface area contributed by atoms with Crippen LogP contribution in [0.25, 0.3) is 10.9 Å². The molecule has 0 saturated heterocycles. The quantitative estimate of drug-likeness (QED) is 0.566. The van der Waals surface area contributed by atoms with E-state index in [0.717, 1.165) is 16.5 Å². The van der Waals surface area contributed by atoms with Crippen molar-refractivity contribution in [3.8, 4) is 11.5 Å². The summed E-state index contributed by atoms with van der Waals surface area (Å²) in [7, 11) is 1.26. The number of ether oxygens (including phenoxy) is 2. The normalized spacial score (nSPS) is 10.7. The van der Waals surface area contributed by atoms with Crippen LogP contribution in [0.15, 0.2) is 48.7 Å². The molecule has 0 spiro atoms. The summed E-state index contributed by atoms with van der Waals surface area (Å²) in [5.74, 6) is -1.27. The molecule has 1 aromatic heterocycles. The Kier molecular flexibility index (Phi) is 5.73. The van der Waals surface area contributed by atoms with E-state index in [9.17, 15) is 18.4 Å². The molecule has 146 valence electrons. The van der Waals surface area contributed by atoms with E-state index in [4.69, 9.17) is 4.74 Å². The maximum absolute atomic E-state index is 12.4. The Morgan fingerprint density at radius 1 is 1.11 bits per heavy atom. The first-order chi connectivity index (χ1) is 13.5. The van der Waals surface area contributed by atoms with Gasteiger partial charge in [0.05, 0.1) is 13.5 Å². The molecular weight excluding hydrogens is 372 g/mol. The third-order valence-electron chi connectivity index (χ3n) is 3.98. The van der Waals surface area contributed by atoms with Crippen LogP contribution in [0.5, 0.6) is 11.5 Å². The van der Waals surface area contributed by atoms with Gasteiger partial charge in [0.15, 0.2) is 11.5 Å². The van der Waals surface area contributed by atoms with Crippen LogP contribution < -0.4 is 20.3 Å². The van der Waals surface area contributed by atoms with Crippen LogP contribution >= 0.6 is 0 Å². The molecule has 9 heteroatoms. The number of hydrazine groups is 1. The number of amides is 2. The summed E-state index contributed by atoms with van der Waals surface area (Å²) in [6, 6.07) is 11.2. The lowest BCUT2D eigenvalue weighted by Crippen LogP contribution is -2.42. The molecule has 3 rings (SSSR count). The van der Waals surface area contributed by atoms with Gasteiger partial charge in [0.25, 0.3) is 5.91 Å². The summed E-state index contributed by atoms with van der Waals surface area (Å²) in [6.45, 7) is -3.02. The number of hydrogen-bond acceptors (Lipinski definition) is 4. The minimum Gasteiger partial charge on any atom is -0.493 e. The van der Waals surface area contributed by atoms with E-state index < -0.39 is 18.4 Å². The van der Waals surface area contributed by atoms with Crippen molar-refractivity contribution in [1.82, 2.24) is 15.8 Å². The second-order valence-electron chi connectivity index (χ2n) is 5.78. The zero-order valence-corrected chi connectivity index (χ0v) is 14.8. The number of hydrogen-bond donors (Lipinski definition) is 3. The fraction of sp³-hybridized carbons (Fsp3) is 0.158. The van der Waals surface area contributed by atoms with Gasteiger partial charge in [0.2, 0.25) is 5.91 Å². The number of para-hydroxylation sites is 1. The standard InChI is InChI=1S/C19H17F2N3O4/c1-27-16-8-11(6-7-15(16)28-19(20)21)18(26)24-23-17(25)9-12-10-22-14-5-3-2-4-13(12)14/h2-8,10,19,22H,9H2,1H3,(H,23,25)(H,24,26). The number of fused-ring (bicyclic) bond motifs is 1. The van der Waals surface area contributed by atoms with Crippen LogP contribution in [0.3, 0.4) is 0 Å². The maximum Gasteiger partial charge on any atom is 0.387 e. The third-order valence-corrected chi connectivity index (χ3v) is 3.98. The Balaban J connectivity index is 1.61.